The lowest BCUT2D eigenvalue weighted by atomic mass is 10.1. The molecule has 10 rings (SSSR count). The summed E-state index contributed by atoms with van der Waals surface area (Å²) < 4.78 is 177. The number of allylic oxidation sites excluding steroid dienone is 1. The van der Waals surface area contributed by atoms with Crippen molar-refractivity contribution in [2.75, 3.05) is 22.9 Å². The number of ketones is 1. The number of ether oxygens (including phenoxy) is 3. The number of dihydropyridines is 1. The number of aromatic nitrogens is 6. The third kappa shape index (κ3) is 21.3. The van der Waals surface area contributed by atoms with E-state index in [2.05, 4.69) is 46.4 Å². The molecular formula is C63H42Cl5F12N11O9. The monoisotopic (exact) mass is 1500 g/mol. The van der Waals surface area contributed by atoms with Crippen LogP contribution in [0.15, 0.2) is 149 Å². The van der Waals surface area contributed by atoms with Gasteiger partial charge in [0.2, 0.25) is 0 Å². The number of carbonyl (C=O) groups excluding carboxylic acids is 4. The van der Waals surface area contributed by atoms with Gasteiger partial charge in [0.15, 0.2) is 16.1 Å². The van der Waals surface area contributed by atoms with E-state index in [-0.39, 0.29) is 74.1 Å². The molecule has 0 unspecified atom stereocenters. The second-order valence-corrected chi connectivity index (χ2v) is 22.2. The standard InChI is InChI=1S/C20H14ClF4N3O4.C20H13ClF4N2O3.C19H11Cl2F4N3O2.C4H4ClN3/c1-10-4-11(22)2-3-16(10)32-17-7-14(20(23,24)25)15(21)6-13(17)19(31)27-12-5-18(30)28(9-29)26-8-12;1-10-4-11(22)2-3-17(10)30-18-7-15(20(23,24)25)16(21)6-14(18)19(29)27-12-5-13(28)9-26-8-12;1-9-4-10(22)2-3-15(9)30-16-7-13(19(23,24)25)14(20)6-12(16)18(29)27-11-5-17(21)28-26-8-11;5-4-1-3(6)2-7-8-4/h2-8,29H,9H2,1H3,(H,27,31);2-8H,9H2,1H3,(H,27,29);2-8H,1H3,(H,27,28,29);1-2H,(H2,6,8). The van der Waals surface area contributed by atoms with Crippen LogP contribution in [0.1, 0.15) is 64.5 Å². The number of amides is 3. The normalized spacial score (nSPS) is 11.9. The highest BCUT2D eigenvalue weighted by Gasteiger charge is 2.38. The SMILES string of the molecule is Cc1cc(F)ccc1Oc1cc(C(F)(F)F)c(Cl)cc1C(=O)NC1=CC(=O)CN=C1.Cc1cc(F)ccc1Oc1cc(C(F)(F)F)c(Cl)cc1C(=O)Nc1cnn(CO)c(=O)c1.Cc1cc(F)ccc1Oc1cc(C(F)(F)F)c(Cl)cc1C(=O)Nc1cnnc(Cl)c1.Nc1cnnc(Cl)c1. The number of aliphatic hydroxyl groups is 1. The molecule has 0 bridgehead atoms. The van der Waals surface area contributed by atoms with Gasteiger partial charge in [-0.05, 0) is 128 Å². The maximum atomic E-state index is 13.4. The first-order chi connectivity index (χ1) is 46.9. The van der Waals surface area contributed by atoms with E-state index in [0.717, 1.165) is 72.9 Å². The first-order valence-corrected chi connectivity index (χ1v) is 29.4. The zero-order valence-corrected chi connectivity index (χ0v) is 54.3. The van der Waals surface area contributed by atoms with Crippen LogP contribution in [0.25, 0.3) is 0 Å². The number of hydrogen-bond donors (Lipinski definition) is 5. The third-order valence-corrected chi connectivity index (χ3v) is 14.1. The summed E-state index contributed by atoms with van der Waals surface area (Å²) in [6.07, 6.45) is -8.34. The Balaban J connectivity index is 0.000000199. The molecule has 6 N–H and O–H groups in total. The van der Waals surface area contributed by atoms with E-state index < -0.39 is 115 Å². The quantitative estimate of drug-likeness (QED) is 0.0671. The van der Waals surface area contributed by atoms with Crippen molar-refractivity contribution in [1.82, 2.24) is 35.5 Å². The molecule has 0 radical (unpaired) electrons. The molecule has 100 heavy (non-hydrogen) atoms. The van der Waals surface area contributed by atoms with Gasteiger partial charge in [-0.3, -0.25) is 29.0 Å². The number of hydrogen-bond acceptors (Lipinski definition) is 16. The molecule has 0 aliphatic carbocycles. The molecule has 4 heterocycles. The molecule has 0 saturated carbocycles. The fraction of sp³-hybridized carbons (Fsp3) is 0.127. The Labute approximate surface area is 579 Å². The molecule has 522 valence electrons. The lowest BCUT2D eigenvalue weighted by Gasteiger charge is -2.17. The van der Waals surface area contributed by atoms with Crippen molar-refractivity contribution in [3.05, 3.63) is 243 Å². The first-order valence-electron chi connectivity index (χ1n) is 27.5. The number of nitrogen functional groups attached to an aromatic ring is 1. The van der Waals surface area contributed by atoms with Gasteiger partial charge in [-0.25, -0.2) is 17.9 Å². The molecule has 0 saturated heterocycles. The van der Waals surface area contributed by atoms with Crippen molar-refractivity contribution in [2.45, 2.75) is 46.0 Å². The van der Waals surface area contributed by atoms with Crippen LogP contribution in [-0.4, -0.2) is 71.5 Å². The van der Waals surface area contributed by atoms with Crippen LogP contribution in [-0.2, 0) is 30.1 Å². The van der Waals surface area contributed by atoms with E-state index in [1.54, 1.807) is 0 Å². The second-order valence-electron chi connectivity index (χ2n) is 20.2. The van der Waals surface area contributed by atoms with E-state index >= 15 is 0 Å². The van der Waals surface area contributed by atoms with Crippen molar-refractivity contribution in [3.8, 4) is 34.5 Å². The summed E-state index contributed by atoms with van der Waals surface area (Å²) in [7, 11) is 0. The van der Waals surface area contributed by atoms with Gasteiger partial charge < -0.3 is 41.0 Å². The van der Waals surface area contributed by atoms with Gasteiger partial charge in [0.1, 0.15) is 65.2 Å². The largest absolute Gasteiger partial charge is 0.456 e. The van der Waals surface area contributed by atoms with Crippen LogP contribution in [0.4, 0.5) is 69.7 Å². The van der Waals surface area contributed by atoms with E-state index in [1.165, 1.54) is 69.7 Å². The topological polar surface area (TPSA) is 277 Å². The molecule has 0 fully saturated rings. The molecule has 20 nitrogen and oxygen atoms in total. The van der Waals surface area contributed by atoms with Crippen molar-refractivity contribution in [3.63, 3.8) is 0 Å². The number of benzene rings is 6. The zero-order chi connectivity index (χ0) is 73.7. The molecule has 6 aromatic carbocycles. The van der Waals surface area contributed by atoms with E-state index in [0.29, 0.717) is 44.8 Å². The van der Waals surface area contributed by atoms with Crippen LogP contribution in [0.3, 0.4) is 0 Å². The van der Waals surface area contributed by atoms with Gasteiger partial charge in [0.05, 0.1) is 89.8 Å². The average Bonchev–Trinajstić information content (AvgIpc) is 0.799. The van der Waals surface area contributed by atoms with Gasteiger partial charge in [-0.1, -0.05) is 58.0 Å². The Morgan fingerprint density at radius 3 is 1.23 bits per heavy atom. The summed E-state index contributed by atoms with van der Waals surface area (Å²) in [6.45, 7) is 3.72. The first kappa shape index (κ1) is 77.0. The fourth-order valence-corrected chi connectivity index (χ4v) is 9.30. The summed E-state index contributed by atoms with van der Waals surface area (Å²) >= 11 is 28.4. The minimum atomic E-state index is -4.83. The Morgan fingerprint density at radius 1 is 0.520 bits per heavy atom. The predicted molar refractivity (Wildman–Crippen MR) is 342 cm³/mol. The Hall–Kier alpha value is -10.4. The highest BCUT2D eigenvalue weighted by Crippen LogP contribution is 2.44. The number of nitrogens with one attached hydrogen (secondary N) is 3. The molecular weight excluding hydrogens is 1460 g/mol. The average molecular weight is 1500 g/mol. The minimum absolute atomic E-state index is 0.00309. The second kappa shape index (κ2) is 33.0. The zero-order valence-electron chi connectivity index (χ0n) is 50.5. The van der Waals surface area contributed by atoms with Crippen LogP contribution in [0, 0.1) is 38.2 Å². The van der Waals surface area contributed by atoms with Crippen molar-refractivity contribution >= 4 is 105 Å². The van der Waals surface area contributed by atoms with Crippen molar-refractivity contribution in [2.24, 2.45) is 4.99 Å². The smallest absolute Gasteiger partial charge is 0.417 e. The summed E-state index contributed by atoms with van der Waals surface area (Å²) in [6, 6.07) is 18.2. The van der Waals surface area contributed by atoms with Crippen molar-refractivity contribution < 1.29 is 91.2 Å². The van der Waals surface area contributed by atoms with Crippen LogP contribution in [0.5, 0.6) is 34.5 Å². The lowest BCUT2D eigenvalue weighted by molar-refractivity contribution is -0.138. The number of rotatable bonds is 13. The molecule has 1 aliphatic heterocycles. The summed E-state index contributed by atoms with van der Waals surface area (Å²) in [5, 5.41) is 31.9. The molecule has 3 amide bonds. The van der Waals surface area contributed by atoms with Gasteiger partial charge in [-0.2, -0.15) is 54.8 Å². The number of nitrogens with zero attached hydrogens (tertiary/aromatic N) is 7. The molecule has 37 heteroatoms. The lowest BCUT2D eigenvalue weighted by Crippen LogP contribution is -2.27. The molecule has 3 aromatic heterocycles. The number of alkyl halides is 9. The number of carbonyl (C=O) groups is 4. The Bertz CT molecular complexity index is 4720. The van der Waals surface area contributed by atoms with E-state index in [1.807, 2.05) is 0 Å². The maximum Gasteiger partial charge on any atom is 0.417 e. The molecule has 1 aliphatic rings. The van der Waals surface area contributed by atoms with Crippen molar-refractivity contribution in [1.29, 1.82) is 0 Å². The predicted octanol–water partition coefficient (Wildman–Crippen LogP) is 16.2. The molecule has 9 aromatic rings. The third-order valence-electron chi connectivity index (χ3n) is 12.8. The number of aliphatic imine (C=N–C) groups is 1. The Morgan fingerprint density at radius 2 is 0.900 bits per heavy atom. The highest BCUT2D eigenvalue weighted by atomic mass is 35.5. The fourth-order valence-electron chi connectivity index (χ4n) is 8.16. The molecule has 0 spiro atoms. The number of aliphatic hydroxyl groups excluding tert-OH is 1. The number of aryl methyl sites for hydroxylation is 3. The summed E-state index contributed by atoms with van der Waals surface area (Å²) in [5.74, 6) is -5.91. The van der Waals surface area contributed by atoms with Gasteiger partial charge in [0.25, 0.3) is 23.3 Å². The summed E-state index contributed by atoms with van der Waals surface area (Å²) in [4.78, 5) is 65.1. The van der Waals surface area contributed by atoms with Gasteiger partial charge in [0, 0.05) is 30.5 Å². The van der Waals surface area contributed by atoms with E-state index in [9.17, 15) is 76.7 Å². The summed E-state index contributed by atoms with van der Waals surface area (Å²) in [5.41, 5.74) is 1.50. The minimum Gasteiger partial charge on any atom is -0.456 e. The highest BCUT2D eigenvalue weighted by molar-refractivity contribution is 6.33. The maximum absolute atomic E-state index is 13.4. The van der Waals surface area contributed by atoms with Crippen LogP contribution < -0.4 is 41.5 Å². The van der Waals surface area contributed by atoms with Gasteiger partial charge >= 0.3 is 18.5 Å². The molecule has 0 atom stereocenters. The van der Waals surface area contributed by atoms with Crippen LogP contribution >= 0.6 is 58.0 Å². The van der Waals surface area contributed by atoms with Gasteiger partial charge in [-0.15, -0.1) is 10.2 Å². The number of anilines is 3. The number of nitrogens with two attached hydrogens (primary N) is 1. The van der Waals surface area contributed by atoms with E-state index in [4.69, 9.17) is 83.1 Å². The Kier molecular flexibility index (Phi) is 25.4. The van der Waals surface area contributed by atoms with Crippen LogP contribution in [0.2, 0.25) is 25.4 Å². The number of halogens is 17.